The van der Waals surface area contributed by atoms with Crippen molar-refractivity contribution < 1.29 is 23.9 Å². The van der Waals surface area contributed by atoms with Crippen LogP contribution in [0.5, 0.6) is 5.75 Å². The lowest BCUT2D eigenvalue weighted by molar-refractivity contribution is -0.143. The fourth-order valence-corrected chi connectivity index (χ4v) is 3.28. The lowest BCUT2D eigenvalue weighted by Crippen LogP contribution is -2.41. The third kappa shape index (κ3) is 5.05. The van der Waals surface area contributed by atoms with Crippen LogP contribution in [-0.4, -0.2) is 37.0 Å². The van der Waals surface area contributed by atoms with Crippen LogP contribution in [0.15, 0.2) is 54.6 Å². The Balaban J connectivity index is 1.66. The lowest BCUT2D eigenvalue weighted by Gasteiger charge is -2.27. The molecule has 1 atom stereocenters. The van der Waals surface area contributed by atoms with Gasteiger partial charge in [-0.1, -0.05) is 30.3 Å². The molecule has 0 aromatic heterocycles. The average molecular weight is 408 g/mol. The first-order valence-corrected chi connectivity index (χ1v) is 9.77. The summed E-state index contributed by atoms with van der Waals surface area (Å²) in [5.41, 5.74) is 1.87. The highest BCUT2D eigenvalue weighted by molar-refractivity contribution is 6.05. The molecule has 30 heavy (non-hydrogen) atoms. The molecular formula is C23H24N2O5. The maximum Gasteiger partial charge on any atom is 0.331 e. The number of rotatable bonds is 6. The molecule has 0 unspecified atom stereocenters. The molecule has 0 saturated heterocycles. The number of anilines is 2. The Hall–Kier alpha value is -3.61. The Bertz CT molecular complexity index is 970. The van der Waals surface area contributed by atoms with E-state index in [1.807, 2.05) is 31.2 Å². The molecule has 0 radical (unpaired) electrons. The minimum Gasteiger partial charge on any atom is -0.493 e. The van der Waals surface area contributed by atoms with Crippen molar-refractivity contribution in [3.63, 3.8) is 0 Å². The van der Waals surface area contributed by atoms with Crippen molar-refractivity contribution >= 4 is 35.2 Å². The highest BCUT2D eigenvalue weighted by Crippen LogP contribution is 2.31. The van der Waals surface area contributed by atoms with Gasteiger partial charge in [0.25, 0.3) is 5.91 Å². The molecular weight excluding hydrogens is 384 g/mol. The summed E-state index contributed by atoms with van der Waals surface area (Å²) in [6, 6.07) is 14.0. The van der Waals surface area contributed by atoms with Crippen molar-refractivity contribution in [1.29, 1.82) is 0 Å². The van der Waals surface area contributed by atoms with Gasteiger partial charge in [-0.15, -0.1) is 0 Å². The number of carbonyl (C=O) groups excluding carboxylic acids is 3. The van der Waals surface area contributed by atoms with E-state index in [2.05, 4.69) is 5.32 Å². The Morgan fingerprint density at radius 3 is 2.70 bits per heavy atom. The topological polar surface area (TPSA) is 84.9 Å². The van der Waals surface area contributed by atoms with Crippen LogP contribution in [0.2, 0.25) is 0 Å². The molecule has 2 amide bonds. The van der Waals surface area contributed by atoms with E-state index in [1.165, 1.54) is 11.0 Å². The molecule has 1 heterocycles. The van der Waals surface area contributed by atoms with E-state index in [9.17, 15) is 14.4 Å². The van der Waals surface area contributed by atoms with Gasteiger partial charge in [0.2, 0.25) is 5.91 Å². The summed E-state index contributed by atoms with van der Waals surface area (Å²) >= 11 is 0. The number of amides is 2. The zero-order valence-electron chi connectivity index (χ0n) is 17.0. The van der Waals surface area contributed by atoms with E-state index < -0.39 is 18.5 Å². The first kappa shape index (κ1) is 21.1. The summed E-state index contributed by atoms with van der Waals surface area (Å²) in [6.07, 6.45) is 3.00. The van der Waals surface area contributed by atoms with Crippen molar-refractivity contribution in [2.75, 3.05) is 23.4 Å². The van der Waals surface area contributed by atoms with Crippen LogP contribution in [0.4, 0.5) is 11.4 Å². The molecule has 0 spiro atoms. The van der Waals surface area contributed by atoms with Crippen LogP contribution in [0.3, 0.4) is 0 Å². The maximum atomic E-state index is 12.8. The van der Waals surface area contributed by atoms with Gasteiger partial charge in [0, 0.05) is 24.1 Å². The normalized spacial score (nSPS) is 15.9. The quantitative estimate of drug-likeness (QED) is 0.585. The molecule has 3 rings (SSSR count). The number of fused-ring (bicyclic) bond motifs is 1. The van der Waals surface area contributed by atoms with Gasteiger partial charge >= 0.3 is 5.97 Å². The molecule has 0 bridgehead atoms. The molecule has 0 fully saturated rings. The van der Waals surface area contributed by atoms with E-state index in [0.29, 0.717) is 23.7 Å². The van der Waals surface area contributed by atoms with Gasteiger partial charge in [0.1, 0.15) is 5.75 Å². The van der Waals surface area contributed by atoms with E-state index in [-0.39, 0.29) is 18.4 Å². The number of para-hydroxylation sites is 3. The Kier molecular flexibility index (Phi) is 6.85. The zero-order valence-corrected chi connectivity index (χ0v) is 17.0. The van der Waals surface area contributed by atoms with Gasteiger partial charge in [-0.2, -0.15) is 0 Å². The third-order valence-electron chi connectivity index (χ3n) is 4.58. The molecule has 7 nitrogen and oxygen atoms in total. The molecule has 1 N–H and O–H groups in total. The largest absolute Gasteiger partial charge is 0.493 e. The van der Waals surface area contributed by atoms with Crippen LogP contribution >= 0.6 is 0 Å². The monoisotopic (exact) mass is 408 g/mol. The number of hydrogen-bond acceptors (Lipinski definition) is 5. The summed E-state index contributed by atoms with van der Waals surface area (Å²) in [4.78, 5) is 38.5. The summed E-state index contributed by atoms with van der Waals surface area (Å²) in [5, 5.41) is 2.79. The molecule has 156 valence electrons. The third-order valence-corrected chi connectivity index (χ3v) is 4.58. The number of hydrogen-bond donors (Lipinski definition) is 1. The van der Waals surface area contributed by atoms with Gasteiger partial charge in [-0.25, -0.2) is 4.79 Å². The fourth-order valence-electron chi connectivity index (χ4n) is 3.28. The predicted molar refractivity (Wildman–Crippen MR) is 114 cm³/mol. The second-order valence-corrected chi connectivity index (χ2v) is 6.79. The standard InChI is InChI=1S/C23H24N2O5/c1-3-29-20-11-7-4-8-17(20)12-13-23(28)30-15-22(27)25-16(2)14-21(26)24-18-9-5-6-10-19(18)25/h4-13,16H,3,14-15H2,1-2H3,(H,24,26)/b13-12+/t16-/m1/s1. The molecule has 2 aromatic carbocycles. The van der Waals surface area contributed by atoms with Crippen molar-refractivity contribution in [3.05, 3.63) is 60.2 Å². The number of esters is 1. The van der Waals surface area contributed by atoms with Crippen molar-refractivity contribution in [1.82, 2.24) is 0 Å². The number of nitrogens with zero attached hydrogens (tertiary/aromatic N) is 1. The molecule has 7 heteroatoms. The molecule has 2 aromatic rings. The average Bonchev–Trinajstić information content (AvgIpc) is 2.85. The molecule has 1 aliphatic heterocycles. The summed E-state index contributed by atoms with van der Waals surface area (Å²) in [5.74, 6) is -0.548. The van der Waals surface area contributed by atoms with Gasteiger partial charge in [0.05, 0.1) is 18.0 Å². The number of carbonyl (C=O) groups is 3. The predicted octanol–water partition coefficient (Wildman–Crippen LogP) is 3.41. The Morgan fingerprint density at radius 1 is 1.17 bits per heavy atom. The van der Waals surface area contributed by atoms with E-state index in [1.54, 1.807) is 37.3 Å². The minimum atomic E-state index is -0.639. The second kappa shape index (κ2) is 9.73. The number of ether oxygens (including phenoxy) is 2. The van der Waals surface area contributed by atoms with E-state index in [0.717, 1.165) is 5.56 Å². The van der Waals surface area contributed by atoms with Crippen LogP contribution in [-0.2, 0) is 19.1 Å². The zero-order chi connectivity index (χ0) is 21.5. The molecule has 0 aliphatic carbocycles. The van der Waals surface area contributed by atoms with E-state index in [4.69, 9.17) is 9.47 Å². The molecule has 0 saturated carbocycles. The summed E-state index contributed by atoms with van der Waals surface area (Å²) in [7, 11) is 0. The van der Waals surface area contributed by atoms with Crippen molar-refractivity contribution in [2.45, 2.75) is 26.3 Å². The van der Waals surface area contributed by atoms with Gasteiger partial charge in [-0.05, 0) is 38.1 Å². The first-order chi connectivity index (χ1) is 14.5. The van der Waals surface area contributed by atoms with Gasteiger partial charge in [0.15, 0.2) is 6.61 Å². The first-order valence-electron chi connectivity index (χ1n) is 9.77. The van der Waals surface area contributed by atoms with E-state index >= 15 is 0 Å². The minimum absolute atomic E-state index is 0.155. The van der Waals surface area contributed by atoms with Crippen LogP contribution in [0.1, 0.15) is 25.8 Å². The molecule has 1 aliphatic rings. The maximum absolute atomic E-state index is 12.8. The highest BCUT2D eigenvalue weighted by atomic mass is 16.5. The summed E-state index contributed by atoms with van der Waals surface area (Å²) < 4.78 is 10.7. The van der Waals surface area contributed by atoms with Crippen molar-refractivity contribution in [2.24, 2.45) is 0 Å². The number of nitrogens with one attached hydrogen (secondary N) is 1. The Labute approximate surface area is 175 Å². The van der Waals surface area contributed by atoms with Gasteiger partial charge < -0.3 is 19.7 Å². The summed E-state index contributed by atoms with van der Waals surface area (Å²) in [6.45, 7) is 3.75. The fraction of sp³-hybridized carbons (Fsp3) is 0.261. The van der Waals surface area contributed by atoms with Crippen LogP contribution in [0.25, 0.3) is 6.08 Å². The van der Waals surface area contributed by atoms with Gasteiger partial charge in [-0.3, -0.25) is 9.59 Å². The second-order valence-electron chi connectivity index (χ2n) is 6.79. The number of benzene rings is 2. The Morgan fingerprint density at radius 2 is 1.90 bits per heavy atom. The van der Waals surface area contributed by atoms with Crippen LogP contribution < -0.4 is 15.0 Å². The lowest BCUT2D eigenvalue weighted by atomic mass is 10.1. The SMILES string of the molecule is CCOc1ccccc1/C=C/C(=O)OCC(=O)N1c2ccccc2NC(=O)C[C@H]1C. The highest BCUT2D eigenvalue weighted by Gasteiger charge is 2.29. The van der Waals surface area contributed by atoms with Crippen LogP contribution in [0, 0.1) is 0 Å². The van der Waals surface area contributed by atoms with Crippen molar-refractivity contribution in [3.8, 4) is 5.75 Å². The smallest absolute Gasteiger partial charge is 0.331 e.